The van der Waals surface area contributed by atoms with Crippen molar-refractivity contribution < 1.29 is 28.5 Å². The zero-order valence-electron chi connectivity index (χ0n) is 21.8. The molecule has 0 aromatic heterocycles. The number of methoxy groups -OCH3 is 1. The van der Waals surface area contributed by atoms with E-state index < -0.39 is 25.3 Å². The van der Waals surface area contributed by atoms with Crippen LogP contribution < -0.4 is 0 Å². The van der Waals surface area contributed by atoms with Gasteiger partial charge in [0.25, 0.3) is 0 Å². The van der Waals surface area contributed by atoms with Gasteiger partial charge in [-0.05, 0) is 69.5 Å². The van der Waals surface area contributed by atoms with Crippen LogP contribution in [0.15, 0.2) is 0 Å². The fraction of sp³-hybridized carbons (Fsp3) is 1.00. The largest absolute Gasteiger partial charge is 0.411 e. The van der Waals surface area contributed by atoms with Gasteiger partial charge in [0.1, 0.15) is 11.2 Å². The van der Waals surface area contributed by atoms with Gasteiger partial charge in [-0.1, -0.05) is 27.7 Å². The third-order valence-electron chi connectivity index (χ3n) is 10.6. The number of aliphatic hydroxyl groups is 1. The molecule has 5 aliphatic rings. The summed E-state index contributed by atoms with van der Waals surface area (Å²) in [6, 6.07) is 3.45. The average Bonchev–Trinajstić information content (AvgIpc) is 3.13. The molecule has 2 spiro atoms. The molecule has 0 aromatic rings. The molecule has 5 rings (SSSR count). The minimum absolute atomic E-state index is 0.105. The van der Waals surface area contributed by atoms with Crippen molar-refractivity contribution in [3.8, 4) is 0 Å². The molecule has 5 fully saturated rings. The van der Waals surface area contributed by atoms with Crippen LogP contribution in [0.5, 0.6) is 0 Å². The van der Waals surface area contributed by atoms with Crippen LogP contribution in [-0.4, -0.2) is 68.5 Å². The molecule has 0 amide bonds. The van der Waals surface area contributed by atoms with Crippen molar-refractivity contribution in [2.24, 2.45) is 23.7 Å². The maximum absolute atomic E-state index is 11.7. The summed E-state index contributed by atoms with van der Waals surface area (Å²) in [6.45, 7) is 14.4. The van der Waals surface area contributed by atoms with E-state index in [-0.39, 0.29) is 23.7 Å². The highest BCUT2D eigenvalue weighted by Crippen LogP contribution is 2.77. The molecule has 33 heavy (non-hydrogen) atoms. The van der Waals surface area contributed by atoms with E-state index in [2.05, 4.69) is 27.7 Å². The summed E-state index contributed by atoms with van der Waals surface area (Å²) >= 11 is 0. The Bertz CT molecular complexity index is 749. The lowest BCUT2D eigenvalue weighted by atomic mass is 9.62. The van der Waals surface area contributed by atoms with E-state index in [1.54, 1.807) is 7.11 Å². The van der Waals surface area contributed by atoms with E-state index in [0.29, 0.717) is 37.4 Å². The van der Waals surface area contributed by atoms with Crippen molar-refractivity contribution in [2.45, 2.75) is 120 Å². The fourth-order valence-electron chi connectivity index (χ4n) is 8.96. The van der Waals surface area contributed by atoms with Crippen LogP contribution in [0.25, 0.3) is 0 Å². The van der Waals surface area contributed by atoms with Crippen LogP contribution in [0, 0.1) is 23.7 Å². The monoisotopic (exact) mass is 482 g/mol. The van der Waals surface area contributed by atoms with Crippen molar-refractivity contribution in [1.82, 2.24) is 0 Å². The summed E-state index contributed by atoms with van der Waals surface area (Å²) in [5, 5.41) is 11.7. The first-order chi connectivity index (χ1) is 15.6. The lowest BCUT2D eigenvalue weighted by Gasteiger charge is -2.47. The Morgan fingerprint density at radius 3 is 2.36 bits per heavy atom. The smallest absolute Gasteiger partial charge is 0.228 e. The standard InChI is InChI=1S/C26H46O6Si/c1-8-29-26-23(6,27)15-21-24(26,32-26)14-18(16-28-7)13-19-22(31-33(9-2,10-3)11-4)20-12-17(5)25(19,21)30-20/h17-22,27H,8-16H2,1-7H3/t17-,18-,19-,20+,21-,22-,23+,24-,25-,26+/m1/s1. The van der Waals surface area contributed by atoms with Gasteiger partial charge < -0.3 is 28.5 Å². The molecule has 6 nitrogen and oxygen atoms in total. The van der Waals surface area contributed by atoms with Crippen LogP contribution in [0.2, 0.25) is 18.1 Å². The predicted molar refractivity (Wildman–Crippen MR) is 128 cm³/mol. The van der Waals surface area contributed by atoms with Crippen LogP contribution >= 0.6 is 0 Å². The van der Waals surface area contributed by atoms with Gasteiger partial charge in [0.05, 0.1) is 17.8 Å². The van der Waals surface area contributed by atoms with Gasteiger partial charge in [-0.25, -0.2) is 0 Å². The highest BCUT2D eigenvalue weighted by atomic mass is 28.4. The summed E-state index contributed by atoms with van der Waals surface area (Å²) in [4.78, 5) is 0. The lowest BCUT2D eigenvalue weighted by molar-refractivity contribution is -0.177. The fourth-order valence-corrected chi connectivity index (χ4v) is 11.9. The van der Waals surface area contributed by atoms with Crippen molar-refractivity contribution >= 4 is 8.32 Å². The van der Waals surface area contributed by atoms with E-state index in [1.807, 2.05) is 13.8 Å². The lowest BCUT2D eigenvalue weighted by Crippen LogP contribution is -2.56. The maximum atomic E-state index is 11.7. The topological polar surface area (TPSA) is 69.7 Å². The van der Waals surface area contributed by atoms with E-state index in [1.165, 1.54) is 0 Å². The molecule has 0 aromatic carbocycles. The summed E-state index contributed by atoms with van der Waals surface area (Å²) in [7, 11) is 0.0000886. The number of hydrogen-bond acceptors (Lipinski definition) is 6. The van der Waals surface area contributed by atoms with E-state index in [0.717, 1.165) is 37.4 Å². The van der Waals surface area contributed by atoms with Gasteiger partial charge in [0, 0.05) is 32.2 Å². The van der Waals surface area contributed by atoms with Crippen molar-refractivity contribution in [2.75, 3.05) is 20.3 Å². The second-order valence-corrected chi connectivity index (χ2v) is 16.6. The predicted octanol–water partition coefficient (Wildman–Crippen LogP) is 4.50. The molecule has 3 saturated heterocycles. The molecule has 2 bridgehead atoms. The molecule has 2 aliphatic carbocycles. The van der Waals surface area contributed by atoms with Gasteiger partial charge in [0.2, 0.25) is 5.79 Å². The first kappa shape index (κ1) is 24.7. The Morgan fingerprint density at radius 2 is 1.76 bits per heavy atom. The third kappa shape index (κ3) is 2.99. The summed E-state index contributed by atoms with van der Waals surface area (Å²) in [6.07, 6.45) is 3.87. The number of hydrogen-bond donors (Lipinski definition) is 1. The quantitative estimate of drug-likeness (QED) is 0.385. The first-order valence-electron chi connectivity index (χ1n) is 13.6. The highest BCUT2D eigenvalue weighted by Gasteiger charge is 2.91. The normalized spacial score (nSPS) is 52.4. The minimum atomic E-state index is -1.79. The molecule has 1 N–H and O–H groups in total. The number of epoxide rings is 1. The Kier molecular flexibility index (Phi) is 5.97. The molecule has 3 aliphatic heterocycles. The molecule has 190 valence electrons. The zero-order chi connectivity index (χ0) is 23.9. The number of fused-ring (bicyclic) bond motifs is 1. The summed E-state index contributed by atoms with van der Waals surface area (Å²) in [5.41, 5.74) is -1.86. The molecule has 10 atom stereocenters. The summed E-state index contributed by atoms with van der Waals surface area (Å²) in [5.74, 6) is 0.232. The van der Waals surface area contributed by atoms with E-state index in [4.69, 9.17) is 23.4 Å². The van der Waals surface area contributed by atoms with Crippen LogP contribution in [0.1, 0.15) is 67.2 Å². The molecule has 2 saturated carbocycles. The Morgan fingerprint density at radius 1 is 1.06 bits per heavy atom. The molecule has 3 heterocycles. The van der Waals surface area contributed by atoms with Gasteiger partial charge in [-0.2, -0.15) is 0 Å². The maximum Gasteiger partial charge on any atom is 0.228 e. The Balaban J connectivity index is 1.58. The molecule has 0 unspecified atom stereocenters. The van der Waals surface area contributed by atoms with Gasteiger partial charge in [-0.15, -0.1) is 0 Å². The van der Waals surface area contributed by atoms with Crippen molar-refractivity contribution in [1.29, 1.82) is 0 Å². The van der Waals surface area contributed by atoms with Crippen LogP contribution in [0.4, 0.5) is 0 Å². The second-order valence-electron chi connectivity index (χ2n) is 11.9. The average molecular weight is 483 g/mol. The highest BCUT2D eigenvalue weighted by molar-refractivity contribution is 6.73. The zero-order valence-corrected chi connectivity index (χ0v) is 22.8. The number of rotatable bonds is 9. The van der Waals surface area contributed by atoms with Gasteiger partial charge in [0.15, 0.2) is 8.32 Å². The van der Waals surface area contributed by atoms with E-state index >= 15 is 0 Å². The first-order valence-corrected chi connectivity index (χ1v) is 16.1. The van der Waals surface area contributed by atoms with Crippen molar-refractivity contribution in [3.63, 3.8) is 0 Å². The second kappa shape index (κ2) is 7.99. The Hall–Kier alpha value is -0.0231. The van der Waals surface area contributed by atoms with E-state index in [9.17, 15) is 5.11 Å². The molecular formula is C26H46O6Si. The molecule has 0 radical (unpaired) electrons. The molecular weight excluding hydrogens is 436 g/mol. The van der Waals surface area contributed by atoms with Crippen LogP contribution in [0.3, 0.4) is 0 Å². The minimum Gasteiger partial charge on any atom is -0.411 e. The van der Waals surface area contributed by atoms with Crippen molar-refractivity contribution in [3.05, 3.63) is 0 Å². The number of ether oxygens (including phenoxy) is 4. The van der Waals surface area contributed by atoms with Gasteiger partial charge in [-0.3, -0.25) is 0 Å². The molecule has 7 heteroatoms. The Labute approximate surface area is 201 Å². The van der Waals surface area contributed by atoms with Crippen LogP contribution in [-0.2, 0) is 23.4 Å². The summed E-state index contributed by atoms with van der Waals surface area (Å²) < 4.78 is 32.9. The van der Waals surface area contributed by atoms with Gasteiger partial charge >= 0.3 is 0 Å². The SMILES string of the molecule is CCO[C@@]12O[C@@]13C[C@H](COC)C[C@@H]1[C@@H](O[Si](CC)(CC)CC)[C@@H]4C[C@@H](C)[C@]1(O4)[C@@H]3C[C@]2(C)O. The third-order valence-corrected chi connectivity index (χ3v) is 15.2.